The van der Waals surface area contributed by atoms with Gasteiger partial charge < -0.3 is 0 Å². The van der Waals surface area contributed by atoms with Crippen molar-refractivity contribution in [1.82, 2.24) is 25.2 Å². The lowest BCUT2D eigenvalue weighted by Gasteiger charge is -2.03. The molecule has 1 amide bonds. The Morgan fingerprint density at radius 1 is 1.23 bits per heavy atom. The van der Waals surface area contributed by atoms with Gasteiger partial charge in [0.15, 0.2) is 5.82 Å². The van der Waals surface area contributed by atoms with Crippen molar-refractivity contribution in [2.24, 2.45) is 0 Å². The molecule has 0 aliphatic rings. The minimum atomic E-state index is -0.536. The van der Waals surface area contributed by atoms with Gasteiger partial charge in [0, 0.05) is 23.5 Å². The average Bonchev–Trinajstić information content (AvgIpc) is 3.04. The van der Waals surface area contributed by atoms with Crippen molar-refractivity contribution in [3.63, 3.8) is 0 Å². The molecule has 0 atom stereocenters. The Bertz CT molecular complexity index is 768. The molecule has 7 heteroatoms. The van der Waals surface area contributed by atoms with E-state index >= 15 is 0 Å². The Balaban J connectivity index is 1.74. The van der Waals surface area contributed by atoms with Gasteiger partial charge in [-0.15, -0.1) is 0 Å². The highest BCUT2D eigenvalue weighted by Gasteiger charge is 2.06. The molecule has 0 unspecified atom stereocenters. The van der Waals surface area contributed by atoms with Gasteiger partial charge in [0.1, 0.15) is 6.33 Å². The molecule has 7 nitrogen and oxygen atoms in total. The van der Waals surface area contributed by atoms with Crippen molar-refractivity contribution in [1.29, 1.82) is 0 Å². The highest BCUT2D eigenvalue weighted by molar-refractivity contribution is 5.93. The predicted octanol–water partition coefficient (Wildman–Crippen LogP) is 1.51. The molecule has 0 fully saturated rings. The van der Waals surface area contributed by atoms with E-state index in [4.69, 9.17) is 5.21 Å². The summed E-state index contributed by atoms with van der Waals surface area (Å²) in [4.78, 5) is 19.5. The number of amides is 1. The van der Waals surface area contributed by atoms with Crippen LogP contribution in [0.2, 0.25) is 0 Å². The maximum absolute atomic E-state index is 11.2. The lowest BCUT2D eigenvalue weighted by molar-refractivity contribution is 0.0706. The Kier molecular flexibility index (Phi) is 3.88. The van der Waals surface area contributed by atoms with Crippen LogP contribution in [-0.2, 0) is 6.54 Å². The summed E-state index contributed by atoms with van der Waals surface area (Å²) in [5.41, 5.74) is 3.82. The largest absolute Gasteiger partial charge is 0.288 e. The summed E-state index contributed by atoms with van der Waals surface area (Å²) in [6.45, 7) is 0.536. The fraction of sp³-hybridized carbons (Fsp3) is 0.0667. The molecule has 110 valence electrons. The van der Waals surface area contributed by atoms with Crippen LogP contribution in [0, 0.1) is 0 Å². The van der Waals surface area contributed by atoms with Crippen molar-refractivity contribution < 1.29 is 10.0 Å². The summed E-state index contributed by atoms with van der Waals surface area (Å²) >= 11 is 0. The number of hydrogen-bond acceptors (Lipinski definition) is 5. The molecule has 0 spiro atoms. The first-order valence-electron chi connectivity index (χ1n) is 6.59. The molecule has 0 saturated carbocycles. The van der Waals surface area contributed by atoms with Crippen molar-refractivity contribution in [2.45, 2.75) is 6.54 Å². The summed E-state index contributed by atoms with van der Waals surface area (Å²) in [5, 5.41) is 13.0. The molecule has 2 heterocycles. The van der Waals surface area contributed by atoms with Gasteiger partial charge in [-0.3, -0.25) is 15.0 Å². The van der Waals surface area contributed by atoms with E-state index in [1.54, 1.807) is 53.1 Å². The molecular formula is C15H13N5O2. The van der Waals surface area contributed by atoms with E-state index in [1.165, 1.54) is 0 Å². The van der Waals surface area contributed by atoms with E-state index in [0.29, 0.717) is 17.9 Å². The van der Waals surface area contributed by atoms with Gasteiger partial charge >= 0.3 is 0 Å². The SMILES string of the molecule is O=C(NO)c1ccc(Cn2cnc(-c3cccnc3)n2)cc1. The quantitative estimate of drug-likeness (QED) is 0.562. The third-order valence-corrected chi connectivity index (χ3v) is 3.12. The molecule has 2 N–H and O–H groups in total. The maximum Gasteiger partial charge on any atom is 0.274 e. The summed E-state index contributed by atoms with van der Waals surface area (Å²) < 4.78 is 1.71. The molecule has 3 rings (SSSR count). The summed E-state index contributed by atoms with van der Waals surface area (Å²) in [6, 6.07) is 10.6. The van der Waals surface area contributed by atoms with Crippen LogP contribution in [0.5, 0.6) is 0 Å². The monoisotopic (exact) mass is 295 g/mol. The number of hydroxylamine groups is 1. The smallest absolute Gasteiger partial charge is 0.274 e. The van der Waals surface area contributed by atoms with Crippen molar-refractivity contribution in [3.8, 4) is 11.4 Å². The van der Waals surface area contributed by atoms with Crippen LogP contribution in [0.1, 0.15) is 15.9 Å². The number of hydrogen-bond donors (Lipinski definition) is 2. The van der Waals surface area contributed by atoms with Gasteiger partial charge in [-0.2, -0.15) is 5.10 Å². The predicted molar refractivity (Wildman–Crippen MR) is 78.0 cm³/mol. The van der Waals surface area contributed by atoms with Crippen molar-refractivity contribution in [3.05, 3.63) is 66.2 Å². The van der Waals surface area contributed by atoms with Gasteiger partial charge in [0.25, 0.3) is 5.91 Å². The number of carbonyl (C=O) groups is 1. The van der Waals surface area contributed by atoms with Crippen LogP contribution in [0.3, 0.4) is 0 Å². The first kappa shape index (κ1) is 13.9. The zero-order chi connectivity index (χ0) is 15.4. The second-order valence-electron chi connectivity index (χ2n) is 4.65. The first-order chi connectivity index (χ1) is 10.8. The summed E-state index contributed by atoms with van der Waals surface area (Å²) in [5.74, 6) is 0.0792. The average molecular weight is 295 g/mol. The Hall–Kier alpha value is -3.06. The van der Waals surface area contributed by atoms with E-state index in [9.17, 15) is 4.79 Å². The third kappa shape index (κ3) is 2.99. The number of carbonyl (C=O) groups excluding carboxylic acids is 1. The Morgan fingerprint density at radius 2 is 2.05 bits per heavy atom. The fourth-order valence-electron chi connectivity index (χ4n) is 2.01. The van der Waals surface area contributed by atoms with E-state index < -0.39 is 5.91 Å². The molecule has 2 aromatic heterocycles. The topological polar surface area (TPSA) is 92.9 Å². The van der Waals surface area contributed by atoms with Crippen LogP contribution in [0.15, 0.2) is 55.1 Å². The maximum atomic E-state index is 11.2. The van der Waals surface area contributed by atoms with Crippen LogP contribution in [0.4, 0.5) is 0 Å². The third-order valence-electron chi connectivity index (χ3n) is 3.12. The molecule has 1 aromatic carbocycles. The van der Waals surface area contributed by atoms with Crippen LogP contribution in [-0.4, -0.2) is 30.9 Å². The van der Waals surface area contributed by atoms with E-state index in [1.807, 2.05) is 12.1 Å². The summed E-state index contributed by atoms with van der Waals surface area (Å²) in [6.07, 6.45) is 5.06. The number of aromatic nitrogens is 4. The van der Waals surface area contributed by atoms with Crippen LogP contribution >= 0.6 is 0 Å². The molecule has 0 bridgehead atoms. The van der Waals surface area contributed by atoms with Crippen molar-refractivity contribution in [2.75, 3.05) is 0 Å². The Morgan fingerprint density at radius 3 is 2.73 bits per heavy atom. The minimum absolute atomic E-state index is 0.390. The standard InChI is InChI=1S/C15H13N5O2/c21-15(19-22)12-5-3-11(4-6-12)9-20-10-17-14(18-20)13-2-1-7-16-8-13/h1-8,10,22H,9H2,(H,19,21). The van der Waals surface area contributed by atoms with E-state index in [0.717, 1.165) is 11.1 Å². The number of benzene rings is 1. The number of rotatable bonds is 4. The normalized spacial score (nSPS) is 10.4. The van der Waals surface area contributed by atoms with Gasteiger partial charge in [-0.1, -0.05) is 12.1 Å². The lowest BCUT2D eigenvalue weighted by atomic mass is 10.1. The number of pyridine rings is 1. The fourth-order valence-corrected chi connectivity index (χ4v) is 2.01. The van der Waals surface area contributed by atoms with Gasteiger partial charge in [-0.25, -0.2) is 15.1 Å². The zero-order valence-electron chi connectivity index (χ0n) is 11.5. The van der Waals surface area contributed by atoms with Gasteiger partial charge in [0.2, 0.25) is 0 Å². The van der Waals surface area contributed by atoms with Crippen LogP contribution in [0.25, 0.3) is 11.4 Å². The molecule has 22 heavy (non-hydrogen) atoms. The van der Waals surface area contributed by atoms with Crippen molar-refractivity contribution >= 4 is 5.91 Å². The molecule has 3 aromatic rings. The molecular weight excluding hydrogens is 282 g/mol. The molecule has 0 aliphatic carbocycles. The lowest BCUT2D eigenvalue weighted by Crippen LogP contribution is -2.18. The summed E-state index contributed by atoms with van der Waals surface area (Å²) in [7, 11) is 0. The second-order valence-corrected chi connectivity index (χ2v) is 4.65. The highest BCUT2D eigenvalue weighted by atomic mass is 16.5. The number of nitrogens with one attached hydrogen (secondary N) is 1. The molecule has 0 aliphatic heterocycles. The van der Waals surface area contributed by atoms with Gasteiger partial charge in [-0.05, 0) is 29.8 Å². The second kappa shape index (κ2) is 6.15. The van der Waals surface area contributed by atoms with E-state index in [2.05, 4.69) is 15.1 Å². The first-order valence-corrected chi connectivity index (χ1v) is 6.59. The van der Waals surface area contributed by atoms with Gasteiger partial charge in [0.05, 0.1) is 6.54 Å². The minimum Gasteiger partial charge on any atom is -0.288 e. The number of nitrogens with zero attached hydrogens (tertiary/aromatic N) is 4. The zero-order valence-corrected chi connectivity index (χ0v) is 11.5. The molecule has 0 radical (unpaired) electrons. The van der Waals surface area contributed by atoms with Crippen LogP contribution < -0.4 is 5.48 Å². The Labute approximate surface area is 126 Å². The highest BCUT2D eigenvalue weighted by Crippen LogP contribution is 2.12. The van der Waals surface area contributed by atoms with E-state index in [-0.39, 0.29) is 0 Å². The molecule has 0 saturated heterocycles.